The van der Waals surface area contributed by atoms with Gasteiger partial charge in [-0.2, -0.15) is 0 Å². The number of thioether (sulfide) groups is 1. The first-order valence-electron chi connectivity index (χ1n) is 9.20. The molecule has 1 N–H and O–H groups in total. The van der Waals surface area contributed by atoms with E-state index in [-0.39, 0.29) is 5.91 Å². The van der Waals surface area contributed by atoms with Gasteiger partial charge in [0.25, 0.3) is 0 Å². The van der Waals surface area contributed by atoms with Crippen molar-refractivity contribution in [3.05, 3.63) is 53.1 Å². The van der Waals surface area contributed by atoms with Crippen LogP contribution in [-0.4, -0.2) is 29.9 Å². The molecule has 0 fully saturated rings. The fraction of sp³-hybridized carbons (Fsp3) is 0.273. The lowest BCUT2D eigenvalue weighted by Crippen LogP contribution is -2.17. The first-order chi connectivity index (χ1) is 13.5. The van der Waals surface area contributed by atoms with Gasteiger partial charge in [-0.1, -0.05) is 17.8 Å². The summed E-state index contributed by atoms with van der Waals surface area (Å²) in [6.45, 7) is 7.27. The van der Waals surface area contributed by atoms with E-state index in [0.29, 0.717) is 36.2 Å². The number of aromatic nitrogens is 1. The Morgan fingerprint density at radius 1 is 1.04 bits per heavy atom. The van der Waals surface area contributed by atoms with Crippen molar-refractivity contribution < 1.29 is 14.3 Å². The Kier molecular flexibility index (Phi) is 5.13. The molecule has 3 aromatic rings. The summed E-state index contributed by atoms with van der Waals surface area (Å²) in [6.07, 6.45) is 0. The minimum absolute atomic E-state index is 0.0802. The molecule has 6 heteroatoms. The first-order valence-corrected chi connectivity index (χ1v) is 10.2. The van der Waals surface area contributed by atoms with Gasteiger partial charge in [-0.3, -0.25) is 4.79 Å². The third kappa shape index (κ3) is 3.92. The number of carbonyl (C=O) groups is 1. The lowest BCUT2D eigenvalue weighted by molar-refractivity contribution is -0.113. The van der Waals surface area contributed by atoms with Gasteiger partial charge in [0, 0.05) is 17.1 Å². The zero-order chi connectivity index (χ0) is 19.7. The molecule has 28 heavy (non-hydrogen) atoms. The Hall–Kier alpha value is -2.73. The van der Waals surface area contributed by atoms with Gasteiger partial charge < -0.3 is 14.8 Å². The predicted molar refractivity (Wildman–Crippen MR) is 113 cm³/mol. The highest BCUT2D eigenvalue weighted by molar-refractivity contribution is 8.00. The molecule has 4 rings (SSSR count). The maximum Gasteiger partial charge on any atom is 0.234 e. The van der Waals surface area contributed by atoms with E-state index >= 15 is 0 Å². The van der Waals surface area contributed by atoms with E-state index < -0.39 is 0 Å². The fourth-order valence-corrected chi connectivity index (χ4v) is 4.10. The summed E-state index contributed by atoms with van der Waals surface area (Å²) in [5.41, 5.74) is 5.16. The van der Waals surface area contributed by atoms with Crippen molar-refractivity contribution in [3.63, 3.8) is 0 Å². The van der Waals surface area contributed by atoms with E-state index in [4.69, 9.17) is 14.5 Å². The molecule has 0 saturated heterocycles. The molecular weight excluding hydrogens is 372 g/mol. The van der Waals surface area contributed by atoms with Crippen LogP contribution in [-0.2, 0) is 4.79 Å². The number of benzene rings is 2. The monoisotopic (exact) mass is 394 g/mol. The lowest BCUT2D eigenvalue weighted by Gasteiger charge is -2.19. The van der Waals surface area contributed by atoms with Crippen molar-refractivity contribution in [2.75, 3.05) is 24.3 Å². The standard InChI is InChI=1S/C22H22N2O3S/c1-13-8-14(2)17-10-15(3)22(24-18(17)9-13)28-12-21(25)23-16-4-5-19-20(11-16)27-7-6-26-19/h4-5,8-11H,6-7,12H2,1-3H3,(H,23,25). The third-order valence-electron chi connectivity index (χ3n) is 4.60. The molecule has 2 aromatic carbocycles. The normalized spacial score (nSPS) is 12.8. The van der Waals surface area contributed by atoms with Gasteiger partial charge in [-0.15, -0.1) is 0 Å². The molecule has 2 heterocycles. The van der Waals surface area contributed by atoms with Crippen LogP contribution in [0.2, 0.25) is 0 Å². The number of fused-ring (bicyclic) bond motifs is 2. The first kappa shape index (κ1) is 18.6. The SMILES string of the molecule is Cc1cc(C)c2cc(C)c(SCC(=O)Nc3ccc4c(c3)OCCO4)nc2c1. The van der Waals surface area contributed by atoms with Gasteiger partial charge in [0.05, 0.1) is 11.3 Å². The van der Waals surface area contributed by atoms with Crippen LogP contribution in [0.4, 0.5) is 5.69 Å². The van der Waals surface area contributed by atoms with Crippen molar-refractivity contribution in [1.82, 2.24) is 4.98 Å². The molecule has 0 unspecified atom stereocenters. The maximum absolute atomic E-state index is 12.4. The Bertz CT molecular complexity index is 1070. The molecule has 1 aliphatic rings. The minimum Gasteiger partial charge on any atom is -0.486 e. The largest absolute Gasteiger partial charge is 0.486 e. The molecule has 0 bridgehead atoms. The summed E-state index contributed by atoms with van der Waals surface area (Å²) in [5, 5.41) is 4.96. The number of amides is 1. The van der Waals surface area contributed by atoms with Gasteiger partial charge >= 0.3 is 0 Å². The maximum atomic E-state index is 12.4. The van der Waals surface area contributed by atoms with Crippen molar-refractivity contribution in [1.29, 1.82) is 0 Å². The highest BCUT2D eigenvalue weighted by Crippen LogP contribution is 2.33. The number of aryl methyl sites for hydroxylation is 3. The van der Waals surface area contributed by atoms with Crippen LogP contribution in [0.5, 0.6) is 11.5 Å². The molecule has 0 spiro atoms. The van der Waals surface area contributed by atoms with Gasteiger partial charge in [0.2, 0.25) is 5.91 Å². The number of carbonyl (C=O) groups excluding carboxylic acids is 1. The molecule has 0 aliphatic carbocycles. The fourth-order valence-electron chi connectivity index (χ4n) is 3.31. The average molecular weight is 394 g/mol. The molecule has 0 atom stereocenters. The molecule has 0 saturated carbocycles. The topological polar surface area (TPSA) is 60.5 Å². The minimum atomic E-state index is -0.0802. The van der Waals surface area contributed by atoms with Crippen LogP contribution in [0.1, 0.15) is 16.7 Å². The van der Waals surface area contributed by atoms with Gasteiger partial charge in [0.15, 0.2) is 11.5 Å². The van der Waals surface area contributed by atoms with Crippen LogP contribution >= 0.6 is 11.8 Å². The van der Waals surface area contributed by atoms with E-state index in [1.54, 1.807) is 6.07 Å². The number of rotatable bonds is 4. The van der Waals surface area contributed by atoms with Crippen LogP contribution in [0.25, 0.3) is 10.9 Å². The van der Waals surface area contributed by atoms with Crippen molar-refractivity contribution in [2.24, 2.45) is 0 Å². The van der Waals surface area contributed by atoms with Crippen LogP contribution in [0.3, 0.4) is 0 Å². The van der Waals surface area contributed by atoms with E-state index in [2.05, 4.69) is 37.4 Å². The molecule has 1 aromatic heterocycles. The number of hydrogen-bond acceptors (Lipinski definition) is 5. The highest BCUT2D eigenvalue weighted by atomic mass is 32.2. The molecular formula is C22H22N2O3S. The number of anilines is 1. The molecule has 0 radical (unpaired) electrons. The van der Waals surface area contributed by atoms with Crippen LogP contribution < -0.4 is 14.8 Å². The van der Waals surface area contributed by atoms with E-state index in [0.717, 1.165) is 21.5 Å². The van der Waals surface area contributed by atoms with Crippen LogP contribution in [0.15, 0.2) is 41.4 Å². The molecule has 144 valence electrons. The number of pyridine rings is 1. The second kappa shape index (κ2) is 7.72. The predicted octanol–water partition coefficient (Wildman–Crippen LogP) is 4.66. The smallest absolute Gasteiger partial charge is 0.234 e. The Morgan fingerprint density at radius 2 is 1.82 bits per heavy atom. The summed E-state index contributed by atoms with van der Waals surface area (Å²) in [5.74, 6) is 1.58. The summed E-state index contributed by atoms with van der Waals surface area (Å²) >= 11 is 1.45. The van der Waals surface area contributed by atoms with E-state index in [1.165, 1.54) is 22.9 Å². The Morgan fingerprint density at radius 3 is 2.64 bits per heavy atom. The zero-order valence-corrected chi connectivity index (χ0v) is 17.0. The number of hydrogen-bond donors (Lipinski definition) is 1. The van der Waals surface area contributed by atoms with Crippen molar-refractivity contribution in [3.8, 4) is 11.5 Å². The van der Waals surface area contributed by atoms with E-state index in [1.807, 2.05) is 19.1 Å². The summed E-state index contributed by atoms with van der Waals surface area (Å²) in [7, 11) is 0. The molecule has 1 aliphatic heterocycles. The van der Waals surface area contributed by atoms with E-state index in [9.17, 15) is 4.79 Å². The average Bonchev–Trinajstić information content (AvgIpc) is 2.67. The Balaban J connectivity index is 1.45. The van der Waals surface area contributed by atoms with Crippen molar-refractivity contribution >= 4 is 34.3 Å². The second-order valence-electron chi connectivity index (χ2n) is 6.95. The van der Waals surface area contributed by atoms with Gasteiger partial charge in [-0.05, 0) is 61.7 Å². The molecule has 1 amide bonds. The van der Waals surface area contributed by atoms with Crippen molar-refractivity contribution in [2.45, 2.75) is 25.8 Å². The Labute approximate surface area is 168 Å². The second-order valence-corrected chi connectivity index (χ2v) is 7.92. The summed E-state index contributed by atoms with van der Waals surface area (Å²) < 4.78 is 11.1. The van der Waals surface area contributed by atoms with Gasteiger partial charge in [0.1, 0.15) is 18.2 Å². The third-order valence-corrected chi connectivity index (χ3v) is 5.69. The zero-order valence-electron chi connectivity index (χ0n) is 16.2. The van der Waals surface area contributed by atoms with Crippen LogP contribution in [0, 0.1) is 20.8 Å². The summed E-state index contributed by atoms with van der Waals surface area (Å²) in [6, 6.07) is 11.8. The number of nitrogens with one attached hydrogen (secondary N) is 1. The lowest BCUT2D eigenvalue weighted by atomic mass is 10.1. The quantitative estimate of drug-likeness (QED) is 0.652. The van der Waals surface area contributed by atoms with Gasteiger partial charge in [-0.25, -0.2) is 4.98 Å². The number of nitrogens with zero attached hydrogens (tertiary/aromatic N) is 1. The molecule has 5 nitrogen and oxygen atoms in total. The highest BCUT2D eigenvalue weighted by Gasteiger charge is 2.14. The number of ether oxygens (including phenoxy) is 2. The summed E-state index contributed by atoms with van der Waals surface area (Å²) in [4.78, 5) is 17.2.